The van der Waals surface area contributed by atoms with Gasteiger partial charge in [-0.3, -0.25) is 0 Å². The molecule has 0 amide bonds. The van der Waals surface area contributed by atoms with Gasteiger partial charge in [0, 0.05) is 22.6 Å². The molecule has 0 spiro atoms. The first-order valence-electron chi connectivity index (χ1n) is 2.84. The quantitative estimate of drug-likeness (QED) is 0.570. The van der Waals surface area contributed by atoms with Crippen molar-refractivity contribution in [2.45, 2.75) is 32.4 Å². The van der Waals surface area contributed by atoms with Crippen LogP contribution in [0.5, 0.6) is 0 Å². The fraction of sp³-hybridized carbons (Fsp3) is 1.00. The van der Waals surface area contributed by atoms with E-state index in [4.69, 9.17) is 4.74 Å². The Hall–Kier alpha value is 1.07. The average Bonchev–Trinajstić information content (AvgIpc) is 1.69. The molecule has 1 unspecified atom stereocenters. The van der Waals surface area contributed by atoms with E-state index in [9.17, 15) is 0 Å². The molecule has 1 fully saturated rings. The summed E-state index contributed by atoms with van der Waals surface area (Å²) in [6.45, 7) is 0.994. The van der Waals surface area contributed by atoms with Gasteiger partial charge >= 0.3 is 26.6 Å². The first kappa shape index (κ1) is 12.7. The fourth-order valence-electron chi connectivity index (χ4n) is 0.807. The molecule has 1 heterocycles. The molecule has 0 aliphatic carbocycles. The van der Waals surface area contributed by atoms with Crippen molar-refractivity contribution in [1.29, 1.82) is 0 Å². The minimum Gasteiger partial charge on any atom is -0.383 e. The molecule has 1 aliphatic rings. The molecular formula is C6H16OPoSi. The maximum Gasteiger partial charge on any atom is 0.0467 e. The zero-order valence-electron chi connectivity index (χ0n) is 4.97. The molecule has 1 nitrogen and oxygen atoms in total. The van der Waals surface area contributed by atoms with Gasteiger partial charge < -0.3 is 4.74 Å². The van der Waals surface area contributed by atoms with Crippen LogP contribution in [0.15, 0.2) is 0 Å². The van der Waals surface area contributed by atoms with Crippen LogP contribution in [0.25, 0.3) is 0 Å². The van der Waals surface area contributed by atoms with E-state index < -0.39 is 0 Å². The zero-order chi connectivity index (χ0) is 5.11. The minimum atomic E-state index is 0. The summed E-state index contributed by atoms with van der Waals surface area (Å²) in [5.41, 5.74) is 0.564. The van der Waals surface area contributed by atoms with Crippen LogP contribution in [0, 0.1) is 0 Å². The molecule has 0 bridgehead atoms. The second-order valence-corrected chi connectivity index (χ2v) is 2.90. The first-order valence-corrected chi connectivity index (χ1v) is 3.66. The monoisotopic (exact) mass is 341 g/mol. The standard InChI is InChI=1S/C5H11OSi.CH4.Po.H/c7-5-3-1-2-4-6-5;;;/h5H,1-4,7H2;1H4;;. The molecule has 1 saturated heterocycles. The molecule has 1 atom stereocenters. The number of rotatable bonds is 0. The smallest absolute Gasteiger partial charge is 0.0467 e. The molecule has 2 radical (unpaired) electrons. The van der Waals surface area contributed by atoms with Gasteiger partial charge in [0.25, 0.3) is 0 Å². The van der Waals surface area contributed by atoms with Crippen LogP contribution in [0.3, 0.4) is 0 Å². The van der Waals surface area contributed by atoms with E-state index >= 15 is 0 Å². The minimum absolute atomic E-state index is 0. The predicted molar refractivity (Wildman–Crippen MR) is 46.0 cm³/mol. The van der Waals surface area contributed by atoms with E-state index in [0.717, 1.165) is 6.61 Å². The van der Waals surface area contributed by atoms with Gasteiger partial charge in [0.15, 0.2) is 0 Å². The fourth-order valence-corrected chi connectivity index (χ4v) is 1.26. The van der Waals surface area contributed by atoms with Crippen LogP contribution in [-0.2, 0) is 4.74 Å². The average molecular weight is 341 g/mol. The summed E-state index contributed by atoms with van der Waals surface area (Å²) in [6, 6.07) is 0. The normalized spacial score (nSPS) is 25.7. The third kappa shape index (κ3) is 5.51. The SMILES string of the molecule is C.[PoH].[SiH2]C1CCCCO1. The Kier molecular flexibility index (Phi) is 10.2. The summed E-state index contributed by atoms with van der Waals surface area (Å²) in [5.74, 6) is 0. The largest absolute Gasteiger partial charge is 0.383 e. The Morgan fingerprint density at radius 1 is 1.33 bits per heavy atom. The maximum atomic E-state index is 5.29. The number of ether oxygens (including phenoxy) is 1. The third-order valence-corrected chi connectivity index (χ3v) is 1.92. The molecule has 1 rings (SSSR count). The van der Waals surface area contributed by atoms with Gasteiger partial charge in [-0.05, 0) is 19.3 Å². The molecule has 0 aromatic carbocycles. The van der Waals surface area contributed by atoms with Crippen LogP contribution >= 0.6 is 0 Å². The van der Waals surface area contributed by atoms with E-state index in [0.29, 0.717) is 5.73 Å². The number of hydrogen-bond donors (Lipinski definition) is 0. The van der Waals surface area contributed by atoms with Crippen LogP contribution in [0.1, 0.15) is 26.7 Å². The van der Waals surface area contributed by atoms with Gasteiger partial charge in [-0.25, -0.2) is 0 Å². The Morgan fingerprint density at radius 2 is 2.00 bits per heavy atom. The van der Waals surface area contributed by atoms with Gasteiger partial charge in [0.1, 0.15) is 0 Å². The van der Waals surface area contributed by atoms with E-state index in [-0.39, 0.29) is 34.0 Å². The van der Waals surface area contributed by atoms with Crippen LogP contribution in [0.2, 0.25) is 0 Å². The Morgan fingerprint density at radius 3 is 2.22 bits per heavy atom. The summed E-state index contributed by atoms with van der Waals surface area (Å²) < 4.78 is 5.29. The molecule has 0 aromatic rings. The van der Waals surface area contributed by atoms with Gasteiger partial charge in [0.2, 0.25) is 0 Å². The van der Waals surface area contributed by atoms with Crippen molar-refractivity contribution in [3.63, 3.8) is 0 Å². The summed E-state index contributed by atoms with van der Waals surface area (Å²) in [6.07, 6.45) is 3.92. The number of hydrogen-bond acceptors (Lipinski definition) is 1. The van der Waals surface area contributed by atoms with Crippen LogP contribution in [0.4, 0.5) is 0 Å². The zero-order valence-corrected chi connectivity index (χ0v) is 9.86. The van der Waals surface area contributed by atoms with Crippen molar-refractivity contribution in [1.82, 2.24) is 0 Å². The summed E-state index contributed by atoms with van der Waals surface area (Å²) in [4.78, 5) is 0. The molecule has 0 aromatic heterocycles. The first-order chi connectivity index (χ1) is 3.39. The van der Waals surface area contributed by atoms with Crippen molar-refractivity contribution in [3.8, 4) is 0 Å². The second-order valence-electron chi connectivity index (χ2n) is 1.99. The Labute approximate surface area is 80.4 Å². The van der Waals surface area contributed by atoms with E-state index in [2.05, 4.69) is 0 Å². The van der Waals surface area contributed by atoms with Crippen LogP contribution in [-0.4, -0.2) is 49.1 Å². The van der Waals surface area contributed by atoms with E-state index in [1.54, 1.807) is 0 Å². The van der Waals surface area contributed by atoms with E-state index in [1.807, 2.05) is 10.2 Å². The van der Waals surface area contributed by atoms with Gasteiger partial charge in [-0.1, -0.05) is 7.43 Å². The Balaban J connectivity index is 0. The molecule has 9 heavy (non-hydrogen) atoms. The van der Waals surface area contributed by atoms with Gasteiger partial charge in [0.05, 0.1) is 0 Å². The maximum absolute atomic E-state index is 5.29. The van der Waals surface area contributed by atoms with Gasteiger partial charge in [-0.2, -0.15) is 0 Å². The van der Waals surface area contributed by atoms with Crippen LogP contribution < -0.4 is 0 Å². The molecule has 56 valence electrons. The molecule has 1 aliphatic heterocycles. The van der Waals surface area contributed by atoms with Crippen molar-refractivity contribution >= 4 is 36.8 Å². The topological polar surface area (TPSA) is 9.23 Å². The van der Waals surface area contributed by atoms with E-state index in [1.165, 1.54) is 19.3 Å². The molecule has 0 N–H and O–H groups in total. The van der Waals surface area contributed by atoms with Crippen molar-refractivity contribution < 1.29 is 4.74 Å². The van der Waals surface area contributed by atoms with Crippen molar-refractivity contribution in [2.75, 3.05) is 6.61 Å². The molecule has 3 heteroatoms. The third-order valence-electron chi connectivity index (χ3n) is 1.27. The summed E-state index contributed by atoms with van der Waals surface area (Å²) in [7, 11) is 1.96. The molecular weight excluding hydrogens is 325 g/mol. The summed E-state index contributed by atoms with van der Waals surface area (Å²) >= 11 is 0. The summed E-state index contributed by atoms with van der Waals surface area (Å²) in [5, 5.41) is 0. The predicted octanol–water partition coefficient (Wildman–Crippen LogP) is 0.134. The van der Waals surface area contributed by atoms with Crippen molar-refractivity contribution in [2.24, 2.45) is 0 Å². The van der Waals surface area contributed by atoms with Crippen molar-refractivity contribution in [3.05, 3.63) is 0 Å². The Bertz CT molecular complexity index is 55.0. The van der Waals surface area contributed by atoms with Gasteiger partial charge in [-0.15, -0.1) is 0 Å². The molecule has 0 saturated carbocycles. The second kappa shape index (κ2) is 7.18.